The maximum atomic E-state index is 12.6. The van der Waals surface area contributed by atoms with E-state index in [0.29, 0.717) is 0 Å². The number of hydrogen-bond acceptors (Lipinski definition) is 2. The van der Waals surface area contributed by atoms with Crippen molar-refractivity contribution in [2.24, 2.45) is 0 Å². The Bertz CT molecular complexity index is 692. The number of carbonyl (C=O) groups excluding carboxylic acids is 1. The Labute approximate surface area is 132 Å². The Morgan fingerprint density at radius 1 is 1.05 bits per heavy atom. The number of carbonyl (C=O) groups is 1. The summed E-state index contributed by atoms with van der Waals surface area (Å²) >= 11 is 0. The standard InChI is InChI=1S/C19H23NO2/c1-12-10-14(3)17(11-13(12)2)19(21)20-15(4)16-8-6-7-9-18(16)22-5/h6-11,15H,1-5H3,(H,20,21). The van der Waals surface area contributed by atoms with E-state index >= 15 is 0 Å². The molecule has 0 saturated heterocycles. The van der Waals surface area contributed by atoms with Crippen LogP contribution < -0.4 is 10.1 Å². The molecule has 116 valence electrons. The summed E-state index contributed by atoms with van der Waals surface area (Å²) in [5.74, 6) is 0.728. The summed E-state index contributed by atoms with van der Waals surface area (Å²) in [7, 11) is 1.64. The third-order valence-electron chi connectivity index (χ3n) is 4.04. The molecule has 0 aliphatic rings. The first-order valence-corrected chi connectivity index (χ1v) is 7.45. The Balaban J connectivity index is 2.23. The van der Waals surface area contributed by atoms with Crippen LogP contribution in [-0.4, -0.2) is 13.0 Å². The van der Waals surface area contributed by atoms with Crippen molar-refractivity contribution in [3.8, 4) is 5.75 Å². The van der Waals surface area contributed by atoms with Gasteiger partial charge in [0, 0.05) is 11.1 Å². The molecule has 1 N–H and O–H groups in total. The average molecular weight is 297 g/mol. The van der Waals surface area contributed by atoms with Gasteiger partial charge in [0.2, 0.25) is 0 Å². The number of ether oxygens (including phenoxy) is 1. The number of hydrogen-bond donors (Lipinski definition) is 1. The first-order chi connectivity index (χ1) is 10.4. The summed E-state index contributed by atoms with van der Waals surface area (Å²) in [4.78, 5) is 12.6. The Morgan fingerprint density at radius 2 is 1.68 bits per heavy atom. The molecule has 0 fully saturated rings. The zero-order valence-corrected chi connectivity index (χ0v) is 13.9. The van der Waals surface area contributed by atoms with Gasteiger partial charge in [0.1, 0.15) is 5.75 Å². The van der Waals surface area contributed by atoms with Gasteiger partial charge in [-0.1, -0.05) is 24.3 Å². The fraction of sp³-hybridized carbons (Fsp3) is 0.316. The highest BCUT2D eigenvalue weighted by atomic mass is 16.5. The van der Waals surface area contributed by atoms with Crippen molar-refractivity contribution in [1.82, 2.24) is 5.32 Å². The summed E-state index contributed by atoms with van der Waals surface area (Å²) in [6, 6.07) is 11.6. The SMILES string of the molecule is COc1ccccc1C(C)NC(=O)c1cc(C)c(C)cc1C. The van der Waals surface area contributed by atoms with Crippen LogP contribution in [-0.2, 0) is 0 Å². The first-order valence-electron chi connectivity index (χ1n) is 7.45. The van der Waals surface area contributed by atoms with E-state index in [1.54, 1.807) is 7.11 Å². The molecule has 22 heavy (non-hydrogen) atoms. The highest BCUT2D eigenvalue weighted by molar-refractivity contribution is 5.96. The minimum Gasteiger partial charge on any atom is -0.496 e. The Morgan fingerprint density at radius 3 is 2.36 bits per heavy atom. The van der Waals surface area contributed by atoms with Crippen LogP contribution in [0.15, 0.2) is 36.4 Å². The minimum absolute atomic E-state index is 0.0565. The van der Waals surface area contributed by atoms with E-state index in [1.165, 1.54) is 5.56 Å². The molecule has 1 amide bonds. The predicted octanol–water partition coefficient (Wildman–Crippen LogP) is 4.11. The predicted molar refractivity (Wildman–Crippen MR) is 89.5 cm³/mol. The van der Waals surface area contributed by atoms with Crippen molar-refractivity contribution >= 4 is 5.91 Å². The smallest absolute Gasteiger partial charge is 0.252 e. The van der Waals surface area contributed by atoms with Gasteiger partial charge in [-0.2, -0.15) is 0 Å². The zero-order valence-electron chi connectivity index (χ0n) is 13.9. The van der Waals surface area contributed by atoms with Crippen molar-refractivity contribution < 1.29 is 9.53 Å². The molecular weight excluding hydrogens is 274 g/mol. The van der Waals surface area contributed by atoms with Crippen molar-refractivity contribution in [3.05, 3.63) is 64.2 Å². The molecule has 0 spiro atoms. The van der Waals surface area contributed by atoms with Gasteiger partial charge in [-0.3, -0.25) is 4.79 Å². The molecule has 0 radical (unpaired) electrons. The second kappa shape index (κ2) is 6.65. The van der Waals surface area contributed by atoms with Crippen LogP contribution in [0.2, 0.25) is 0 Å². The van der Waals surface area contributed by atoms with E-state index in [2.05, 4.69) is 18.3 Å². The van der Waals surface area contributed by atoms with Crippen LogP contribution in [0.25, 0.3) is 0 Å². The van der Waals surface area contributed by atoms with E-state index in [-0.39, 0.29) is 11.9 Å². The molecule has 3 nitrogen and oxygen atoms in total. The number of rotatable bonds is 4. The van der Waals surface area contributed by atoms with Gasteiger partial charge in [-0.05, 0) is 56.5 Å². The lowest BCUT2D eigenvalue weighted by atomic mass is 9.99. The van der Waals surface area contributed by atoms with Gasteiger partial charge in [-0.15, -0.1) is 0 Å². The Kier molecular flexibility index (Phi) is 4.86. The van der Waals surface area contributed by atoms with Crippen LogP contribution in [0.3, 0.4) is 0 Å². The lowest BCUT2D eigenvalue weighted by Crippen LogP contribution is -2.27. The minimum atomic E-state index is -0.121. The number of methoxy groups -OCH3 is 1. The third kappa shape index (κ3) is 3.30. The first kappa shape index (κ1) is 16.1. The van der Waals surface area contributed by atoms with Crippen molar-refractivity contribution in [1.29, 1.82) is 0 Å². The topological polar surface area (TPSA) is 38.3 Å². The van der Waals surface area contributed by atoms with E-state index in [0.717, 1.165) is 28.0 Å². The van der Waals surface area contributed by atoms with Crippen LogP contribution in [0, 0.1) is 20.8 Å². The van der Waals surface area contributed by atoms with Gasteiger partial charge in [-0.25, -0.2) is 0 Å². The maximum absolute atomic E-state index is 12.6. The molecule has 1 unspecified atom stereocenters. The number of nitrogens with one attached hydrogen (secondary N) is 1. The van der Waals surface area contributed by atoms with Crippen LogP contribution in [0.1, 0.15) is 45.6 Å². The van der Waals surface area contributed by atoms with Crippen molar-refractivity contribution in [2.45, 2.75) is 33.7 Å². The number of amides is 1. The fourth-order valence-corrected chi connectivity index (χ4v) is 2.58. The molecule has 1 atom stereocenters. The largest absolute Gasteiger partial charge is 0.496 e. The van der Waals surface area contributed by atoms with E-state index in [4.69, 9.17) is 4.74 Å². The number of para-hydroxylation sites is 1. The van der Waals surface area contributed by atoms with Crippen LogP contribution in [0.4, 0.5) is 0 Å². The molecule has 0 aliphatic carbocycles. The summed E-state index contributed by atoms with van der Waals surface area (Å²) < 4.78 is 5.36. The highest BCUT2D eigenvalue weighted by Crippen LogP contribution is 2.25. The summed E-state index contributed by atoms with van der Waals surface area (Å²) in [5, 5.41) is 3.06. The van der Waals surface area contributed by atoms with E-state index < -0.39 is 0 Å². The molecule has 0 saturated carbocycles. The second-order valence-electron chi connectivity index (χ2n) is 5.69. The molecular formula is C19H23NO2. The quantitative estimate of drug-likeness (QED) is 0.922. The van der Waals surface area contributed by atoms with E-state index in [1.807, 2.05) is 51.1 Å². The fourth-order valence-electron chi connectivity index (χ4n) is 2.58. The number of benzene rings is 2. The third-order valence-corrected chi connectivity index (χ3v) is 4.04. The monoisotopic (exact) mass is 297 g/mol. The summed E-state index contributed by atoms with van der Waals surface area (Å²) in [6.45, 7) is 8.01. The van der Waals surface area contributed by atoms with E-state index in [9.17, 15) is 4.79 Å². The highest BCUT2D eigenvalue weighted by Gasteiger charge is 2.16. The Hall–Kier alpha value is -2.29. The molecule has 2 rings (SSSR count). The van der Waals surface area contributed by atoms with Crippen molar-refractivity contribution in [3.63, 3.8) is 0 Å². The normalized spacial score (nSPS) is 11.9. The lowest BCUT2D eigenvalue weighted by Gasteiger charge is -2.18. The molecule has 0 aliphatic heterocycles. The van der Waals surface area contributed by atoms with Gasteiger partial charge < -0.3 is 10.1 Å². The summed E-state index contributed by atoms with van der Waals surface area (Å²) in [6.07, 6.45) is 0. The molecule has 0 bridgehead atoms. The van der Waals surface area contributed by atoms with Gasteiger partial charge in [0.05, 0.1) is 13.2 Å². The zero-order chi connectivity index (χ0) is 16.3. The van der Waals surface area contributed by atoms with Crippen molar-refractivity contribution in [2.75, 3.05) is 7.11 Å². The summed E-state index contributed by atoms with van der Waals surface area (Å²) in [5.41, 5.74) is 5.02. The molecule has 3 heteroatoms. The maximum Gasteiger partial charge on any atom is 0.252 e. The van der Waals surface area contributed by atoms with Gasteiger partial charge >= 0.3 is 0 Å². The van der Waals surface area contributed by atoms with Crippen LogP contribution >= 0.6 is 0 Å². The molecule has 2 aromatic rings. The van der Waals surface area contributed by atoms with Gasteiger partial charge in [0.25, 0.3) is 5.91 Å². The average Bonchev–Trinajstić information content (AvgIpc) is 2.50. The molecule has 2 aromatic carbocycles. The molecule has 0 heterocycles. The lowest BCUT2D eigenvalue weighted by molar-refractivity contribution is 0.0939. The second-order valence-corrected chi connectivity index (χ2v) is 5.69. The molecule has 0 aromatic heterocycles. The number of aryl methyl sites for hydroxylation is 3. The van der Waals surface area contributed by atoms with Gasteiger partial charge in [0.15, 0.2) is 0 Å². The van der Waals surface area contributed by atoms with Crippen LogP contribution in [0.5, 0.6) is 5.75 Å².